The van der Waals surface area contributed by atoms with Gasteiger partial charge in [-0.25, -0.2) is 0 Å². The average Bonchev–Trinajstić information content (AvgIpc) is 2.19. The van der Waals surface area contributed by atoms with Crippen LogP contribution < -0.4 is 0 Å². The van der Waals surface area contributed by atoms with Gasteiger partial charge in [0.05, 0.1) is 0 Å². The van der Waals surface area contributed by atoms with E-state index in [2.05, 4.69) is 6.92 Å². The summed E-state index contributed by atoms with van der Waals surface area (Å²) < 4.78 is 6.39. The Morgan fingerprint density at radius 3 is 2.33 bits per heavy atom. The number of hydrogen-bond donors (Lipinski definition) is 0. The summed E-state index contributed by atoms with van der Waals surface area (Å²) >= 11 is 1.47. The van der Waals surface area contributed by atoms with Crippen LogP contribution in [0.3, 0.4) is 0 Å². The predicted molar refractivity (Wildman–Crippen MR) is 26.3 cm³/mol. The van der Waals surface area contributed by atoms with Crippen LogP contribution in [0.25, 0.3) is 0 Å². The minimum atomic E-state index is 0.593. The first-order valence-corrected chi connectivity index (χ1v) is 4.57. The molecule has 1 rings (SSSR count). The molecule has 2 heteroatoms. The Labute approximate surface area is 53.2 Å². The summed E-state index contributed by atoms with van der Waals surface area (Å²) in [7, 11) is 0. The maximum absolute atomic E-state index is 5.09. The van der Waals surface area contributed by atoms with Crippen molar-refractivity contribution >= 4 is 25.1 Å². The Morgan fingerprint density at radius 2 is 2.33 bits per heavy atom. The molecule has 0 N–H and O–H groups in total. The van der Waals surface area contributed by atoms with Crippen LogP contribution in [0.15, 0.2) is 0 Å². The van der Waals surface area contributed by atoms with E-state index in [1.54, 1.807) is 0 Å². The van der Waals surface area contributed by atoms with Crippen molar-refractivity contribution in [2.45, 2.75) is 23.2 Å². The van der Waals surface area contributed by atoms with E-state index in [9.17, 15) is 0 Å². The van der Waals surface area contributed by atoms with E-state index < -0.39 is 0 Å². The first kappa shape index (κ1) is 5.00. The van der Waals surface area contributed by atoms with Crippen LogP contribution in [0.1, 0.15) is 6.92 Å². The topological polar surface area (TPSA) is 12.5 Å². The molecule has 0 saturated carbocycles. The Morgan fingerprint density at radius 1 is 1.83 bits per heavy atom. The molecule has 0 radical (unpaired) electrons. The number of hydrogen-bond acceptors (Lipinski definition) is 1. The van der Waals surface area contributed by atoms with Gasteiger partial charge in [0.25, 0.3) is 0 Å². The molecule has 0 aromatic carbocycles. The van der Waals surface area contributed by atoms with Gasteiger partial charge in [-0.1, -0.05) is 0 Å². The Balaban J connectivity index is 2.09. The third-order valence-corrected chi connectivity index (χ3v) is 2.42. The van der Waals surface area contributed by atoms with E-state index in [4.69, 9.17) is 4.74 Å². The fourth-order valence-electron chi connectivity index (χ4n) is 0.422. The molecule has 1 aliphatic heterocycles. The van der Waals surface area contributed by atoms with Crippen LogP contribution in [0.4, 0.5) is 0 Å². The predicted octanol–water partition coefficient (Wildman–Crippen LogP) is 0.0928. The van der Waals surface area contributed by atoms with E-state index >= 15 is 0 Å². The Kier molecular flexibility index (Phi) is 1.47. The van der Waals surface area contributed by atoms with Crippen LogP contribution in [-0.4, -0.2) is 37.3 Å². The molecule has 1 nitrogen and oxygen atoms in total. The molecule has 1 fully saturated rings. The molecular formula is C4H8OPo. The number of epoxide rings is 1. The summed E-state index contributed by atoms with van der Waals surface area (Å²) in [6.45, 7) is 2.12. The van der Waals surface area contributed by atoms with Gasteiger partial charge in [-0.3, -0.25) is 0 Å². The van der Waals surface area contributed by atoms with E-state index in [-0.39, 0.29) is 0 Å². The van der Waals surface area contributed by atoms with Crippen LogP contribution in [-0.2, 0) is 4.74 Å². The van der Waals surface area contributed by atoms with Gasteiger partial charge in [0.15, 0.2) is 0 Å². The van der Waals surface area contributed by atoms with Gasteiger partial charge in [-0.05, 0) is 0 Å². The summed E-state index contributed by atoms with van der Waals surface area (Å²) in [4.78, 5) is 0. The molecule has 1 aliphatic rings. The number of rotatable bonds is 1. The van der Waals surface area contributed by atoms with E-state index in [0.29, 0.717) is 12.2 Å². The van der Waals surface area contributed by atoms with Crippen molar-refractivity contribution in [3.63, 3.8) is 0 Å². The first-order chi connectivity index (χ1) is 2.84. The fourth-order valence-corrected chi connectivity index (χ4v) is 1.91. The van der Waals surface area contributed by atoms with Crippen LogP contribution >= 0.6 is 0 Å². The Hall–Kier alpha value is 0.856. The summed E-state index contributed by atoms with van der Waals surface area (Å²) in [6, 6.07) is 0. The van der Waals surface area contributed by atoms with Crippen LogP contribution in [0.5, 0.6) is 0 Å². The van der Waals surface area contributed by atoms with Crippen molar-refractivity contribution in [1.82, 2.24) is 0 Å². The second kappa shape index (κ2) is 1.76. The molecule has 0 amide bonds. The molecule has 2 unspecified atom stereocenters. The molecule has 0 aromatic heterocycles. The summed E-state index contributed by atoms with van der Waals surface area (Å²) in [5, 5.41) is 0. The standard InChI is InChI=1S/C4H7O.Po.H/c1-3-4(2)5-3;;/h3-4H,1H2,2H3;;. The summed E-state index contributed by atoms with van der Waals surface area (Å²) in [6.07, 6.45) is 1.24. The quantitative estimate of drug-likeness (QED) is 0.621. The third kappa shape index (κ3) is 0.921. The first-order valence-electron chi connectivity index (χ1n) is 2.11. The van der Waals surface area contributed by atoms with E-state index in [0.717, 1.165) is 0 Å². The SMILES string of the molecule is CC1OC1[CH2][PoH]. The molecule has 0 aliphatic carbocycles. The van der Waals surface area contributed by atoms with Gasteiger partial charge in [0.1, 0.15) is 0 Å². The van der Waals surface area contributed by atoms with Crippen LogP contribution in [0, 0.1) is 0 Å². The molecule has 36 valence electrons. The fraction of sp³-hybridized carbons (Fsp3) is 1.00. The Bertz CT molecular complexity index is 53.5. The van der Waals surface area contributed by atoms with Crippen molar-refractivity contribution < 1.29 is 4.74 Å². The van der Waals surface area contributed by atoms with Gasteiger partial charge in [0, 0.05) is 0 Å². The van der Waals surface area contributed by atoms with Crippen molar-refractivity contribution in [3.8, 4) is 0 Å². The molecule has 0 aromatic rings. The molecule has 1 saturated heterocycles. The summed E-state index contributed by atoms with van der Waals surface area (Å²) in [5.74, 6) is 0. The second-order valence-corrected chi connectivity index (χ2v) is 2.98. The van der Waals surface area contributed by atoms with Crippen molar-refractivity contribution in [2.75, 3.05) is 0 Å². The normalized spacial score (nSPS) is 43.0. The molecule has 0 bridgehead atoms. The van der Waals surface area contributed by atoms with Gasteiger partial charge < -0.3 is 0 Å². The van der Waals surface area contributed by atoms with E-state index in [1.165, 1.54) is 29.1 Å². The number of ether oxygens (including phenoxy) is 1. The molecule has 0 spiro atoms. The monoisotopic (exact) mass is 281 g/mol. The van der Waals surface area contributed by atoms with Crippen molar-refractivity contribution in [1.29, 1.82) is 0 Å². The molecule has 1 heterocycles. The summed E-state index contributed by atoms with van der Waals surface area (Å²) in [5.41, 5.74) is 0. The van der Waals surface area contributed by atoms with Crippen molar-refractivity contribution in [2.24, 2.45) is 0 Å². The van der Waals surface area contributed by atoms with Crippen LogP contribution in [0.2, 0.25) is 4.08 Å². The average molecular weight is 281 g/mol. The van der Waals surface area contributed by atoms with Gasteiger partial charge in [-0.2, -0.15) is 0 Å². The minimum absolute atomic E-state index is 0.593. The molecule has 2 atom stereocenters. The molecular weight excluding hydrogens is 273 g/mol. The van der Waals surface area contributed by atoms with E-state index in [1.807, 2.05) is 0 Å². The van der Waals surface area contributed by atoms with Crippen molar-refractivity contribution in [3.05, 3.63) is 0 Å². The maximum atomic E-state index is 5.09. The zero-order chi connectivity index (χ0) is 4.57. The van der Waals surface area contributed by atoms with Gasteiger partial charge in [0.2, 0.25) is 0 Å². The zero-order valence-electron chi connectivity index (χ0n) is 3.72. The second-order valence-electron chi connectivity index (χ2n) is 1.56. The third-order valence-electron chi connectivity index (χ3n) is 1.02. The molecule has 6 heavy (non-hydrogen) atoms. The van der Waals surface area contributed by atoms with Gasteiger partial charge >= 0.3 is 53.0 Å². The zero-order valence-corrected chi connectivity index (χ0v) is 7.19. The van der Waals surface area contributed by atoms with Gasteiger partial charge in [-0.15, -0.1) is 0 Å².